The molecule has 0 spiro atoms. The van der Waals surface area contributed by atoms with Crippen LogP contribution in [0.1, 0.15) is 22.5 Å². The van der Waals surface area contributed by atoms with Gasteiger partial charge in [0.2, 0.25) is 5.91 Å². The first kappa shape index (κ1) is 17.8. The number of carbonyl (C=O) groups is 1. The molecule has 1 aliphatic rings. The summed E-state index contributed by atoms with van der Waals surface area (Å²) in [6.45, 7) is 5.41. The van der Waals surface area contributed by atoms with E-state index in [4.69, 9.17) is 9.47 Å². The second kappa shape index (κ2) is 7.07. The van der Waals surface area contributed by atoms with Crippen LogP contribution < -0.4 is 9.47 Å². The molecule has 0 aliphatic carbocycles. The minimum absolute atomic E-state index is 0.0681. The van der Waals surface area contributed by atoms with Gasteiger partial charge in [-0.05, 0) is 59.5 Å². The van der Waals surface area contributed by atoms with E-state index in [-0.39, 0.29) is 12.5 Å². The Bertz CT molecular complexity index is 816. The van der Waals surface area contributed by atoms with E-state index in [0.29, 0.717) is 18.8 Å². The van der Waals surface area contributed by atoms with Gasteiger partial charge >= 0.3 is 0 Å². The standard InChI is InChI=1S/C18H22BrN3O3/c1-11-18(19)12(2)22(20-11)10-17(23)21-6-5-13-7-15(24-3)16(25-4)8-14(13)9-21/h7-8H,5-6,9-10H2,1-4H3. The molecular weight excluding hydrogens is 386 g/mol. The summed E-state index contributed by atoms with van der Waals surface area (Å²) in [5.74, 6) is 1.49. The topological polar surface area (TPSA) is 56.6 Å². The molecule has 7 heteroatoms. The van der Waals surface area contributed by atoms with E-state index in [1.54, 1.807) is 18.9 Å². The zero-order chi connectivity index (χ0) is 18.1. The number of hydrogen-bond acceptors (Lipinski definition) is 4. The Kier molecular flexibility index (Phi) is 5.03. The summed E-state index contributed by atoms with van der Waals surface area (Å²) in [6, 6.07) is 3.97. The van der Waals surface area contributed by atoms with Crippen LogP contribution >= 0.6 is 15.9 Å². The van der Waals surface area contributed by atoms with Crippen molar-refractivity contribution < 1.29 is 14.3 Å². The third-order valence-corrected chi connectivity index (χ3v) is 5.80. The highest BCUT2D eigenvalue weighted by Crippen LogP contribution is 2.33. The Morgan fingerprint density at radius 1 is 1.20 bits per heavy atom. The highest BCUT2D eigenvalue weighted by atomic mass is 79.9. The normalized spacial score (nSPS) is 13.6. The van der Waals surface area contributed by atoms with Gasteiger partial charge in [0.1, 0.15) is 6.54 Å². The molecule has 0 atom stereocenters. The molecule has 1 aromatic heterocycles. The van der Waals surface area contributed by atoms with Crippen LogP contribution in [0.25, 0.3) is 0 Å². The minimum atomic E-state index is 0.0681. The molecule has 0 N–H and O–H groups in total. The summed E-state index contributed by atoms with van der Waals surface area (Å²) in [5.41, 5.74) is 4.17. The summed E-state index contributed by atoms with van der Waals surface area (Å²) >= 11 is 3.50. The Morgan fingerprint density at radius 2 is 1.84 bits per heavy atom. The van der Waals surface area contributed by atoms with E-state index in [9.17, 15) is 4.79 Å². The van der Waals surface area contributed by atoms with Crippen LogP contribution in [0.15, 0.2) is 16.6 Å². The minimum Gasteiger partial charge on any atom is -0.493 e. The summed E-state index contributed by atoms with van der Waals surface area (Å²) in [6.07, 6.45) is 0.808. The van der Waals surface area contributed by atoms with Crippen molar-refractivity contribution in [2.45, 2.75) is 33.4 Å². The predicted octanol–water partition coefficient (Wildman–Crippen LogP) is 2.86. The van der Waals surface area contributed by atoms with E-state index < -0.39 is 0 Å². The molecule has 2 heterocycles. The maximum Gasteiger partial charge on any atom is 0.244 e. The van der Waals surface area contributed by atoms with Crippen LogP contribution in [0, 0.1) is 13.8 Å². The first-order valence-corrected chi connectivity index (χ1v) is 8.95. The fourth-order valence-corrected chi connectivity index (χ4v) is 3.44. The van der Waals surface area contributed by atoms with Gasteiger partial charge in [-0.15, -0.1) is 0 Å². The number of rotatable bonds is 4. The molecule has 25 heavy (non-hydrogen) atoms. The molecule has 3 rings (SSSR count). The van der Waals surface area contributed by atoms with E-state index in [0.717, 1.165) is 33.6 Å². The average molecular weight is 408 g/mol. The molecule has 0 bridgehead atoms. The number of amides is 1. The van der Waals surface area contributed by atoms with Crippen molar-refractivity contribution in [2.75, 3.05) is 20.8 Å². The summed E-state index contributed by atoms with van der Waals surface area (Å²) in [4.78, 5) is 14.6. The van der Waals surface area contributed by atoms with Crippen molar-refractivity contribution in [3.8, 4) is 11.5 Å². The number of fused-ring (bicyclic) bond motifs is 1. The molecule has 1 aromatic carbocycles. The number of nitrogens with zero attached hydrogens (tertiary/aromatic N) is 3. The first-order chi connectivity index (χ1) is 11.9. The van der Waals surface area contributed by atoms with Crippen LogP contribution in [0.5, 0.6) is 11.5 Å². The Morgan fingerprint density at radius 3 is 2.40 bits per heavy atom. The van der Waals surface area contributed by atoms with E-state index in [1.165, 1.54) is 5.56 Å². The largest absolute Gasteiger partial charge is 0.493 e. The number of aromatic nitrogens is 2. The Labute approximate surface area is 155 Å². The van der Waals surface area contributed by atoms with Crippen LogP contribution in [0.4, 0.5) is 0 Å². The van der Waals surface area contributed by atoms with Gasteiger partial charge in [0, 0.05) is 13.1 Å². The van der Waals surface area contributed by atoms with Crippen LogP contribution in [-0.4, -0.2) is 41.4 Å². The van der Waals surface area contributed by atoms with Crippen LogP contribution in [0.3, 0.4) is 0 Å². The zero-order valence-electron chi connectivity index (χ0n) is 14.9. The van der Waals surface area contributed by atoms with Gasteiger partial charge in [-0.3, -0.25) is 9.48 Å². The van der Waals surface area contributed by atoms with Gasteiger partial charge in [0.05, 0.1) is 30.1 Å². The average Bonchev–Trinajstić information content (AvgIpc) is 2.86. The fraction of sp³-hybridized carbons (Fsp3) is 0.444. The second-order valence-corrected chi connectivity index (χ2v) is 6.98. The Balaban J connectivity index is 1.77. The van der Waals surface area contributed by atoms with E-state index in [1.807, 2.05) is 30.9 Å². The van der Waals surface area contributed by atoms with Gasteiger partial charge in [-0.1, -0.05) is 0 Å². The molecule has 0 unspecified atom stereocenters. The van der Waals surface area contributed by atoms with Crippen LogP contribution in [0.2, 0.25) is 0 Å². The lowest BCUT2D eigenvalue weighted by molar-refractivity contribution is -0.133. The quantitative estimate of drug-likeness (QED) is 0.781. The smallest absolute Gasteiger partial charge is 0.244 e. The van der Waals surface area contributed by atoms with E-state index >= 15 is 0 Å². The van der Waals surface area contributed by atoms with Crippen molar-refractivity contribution >= 4 is 21.8 Å². The SMILES string of the molecule is COc1cc2c(cc1OC)CN(C(=O)Cn1nc(C)c(Br)c1C)CC2. The molecule has 0 saturated heterocycles. The third-order valence-electron chi connectivity index (χ3n) is 4.65. The van der Waals surface area contributed by atoms with Gasteiger partial charge < -0.3 is 14.4 Å². The lowest BCUT2D eigenvalue weighted by Crippen LogP contribution is -2.38. The molecule has 0 fully saturated rings. The van der Waals surface area contributed by atoms with Crippen molar-refractivity contribution in [3.05, 3.63) is 39.1 Å². The number of hydrogen-bond donors (Lipinski definition) is 0. The number of benzene rings is 1. The maximum absolute atomic E-state index is 12.7. The van der Waals surface area contributed by atoms with Crippen molar-refractivity contribution in [2.24, 2.45) is 0 Å². The summed E-state index contributed by atoms with van der Waals surface area (Å²) in [5, 5.41) is 4.42. The zero-order valence-corrected chi connectivity index (χ0v) is 16.5. The lowest BCUT2D eigenvalue weighted by Gasteiger charge is -2.29. The van der Waals surface area contributed by atoms with Gasteiger partial charge in [0.15, 0.2) is 11.5 Å². The van der Waals surface area contributed by atoms with Gasteiger partial charge in [-0.25, -0.2) is 0 Å². The first-order valence-electron chi connectivity index (χ1n) is 8.15. The Hall–Kier alpha value is -2.02. The third kappa shape index (κ3) is 3.38. The van der Waals surface area contributed by atoms with Crippen molar-refractivity contribution in [1.29, 1.82) is 0 Å². The molecule has 0 radical (unpaired) electrons. The summed E-state index contributed by atoms with van der Waals surface area (Å²) < 4.78 is 13.5. The molecular formula is C18H22BrN3O3. The fourth-order valence-electron chi connectivity index (χ4n) is 3.15. The molecule has 6 nitrogen and oxygen atoms in total. The lowest BCUT2D eigenvalue weighted by atomic mass is 9.98. The van der Waals surface area contributed by atoms with Gasteiger partial charge in [0.25, 0.3) is 0 Å². The molecule has 1 aliphatic heterocycles. The molecule has 134 valence electrons. The number of aryl methyl sites for hydroxylation is 1. The highest BCUT2D eigenvalue weighted by molar-refractivity contribution is 9.10. The summed E-state index contributed by atoms with van der Waals surface area (Å²) in [7, 11) is 3.26. The molecule has 1 amide bonds. The maximum atomic E-state index is 12.7. The second-order valence-electron chi connectivity index (χ2n) is 6.18. The van der Waals surface area contributed by atoms with E-state index in [2.05, 4.69) is 21.0 Å². The number of carbonyl (C=O) groups excluding carboxylic acids is 1. The van der Waals surface area contributed by atoms with Crippen molar-refractivity contribution in [1.82, 2.24) is 14.7 Å². The highest BCUT2D eigenvalue weighted by Gasteiger charge is 2.24. The van der Waals surface area contributed by atoms with Gasteiger partial charge in [-0.2, -0.15) is 5.10 Å². The monoisotopic (exact) mass is 407 g/mol. The number of ether oxygens (including phenoxy) is 2. The number of methoxy groups -OCH3 is 2. The number of halogens is 1. The molecule has 2 aromatic rings. The molecule has 0 saturated carbocycles. The predicted molar refractivity (Wildman–Crippen MR) is 98.1 cm³/mol. The van der Waals surface area contributed by atoms with Crippen molar-refractivity contribution in [3.63, 3.8) is 0 Å². The van der Waals surface area contributed by atoms with Crippen LogP contribution in [-0.2, 0) is 24.3 Å².